The van der Waals surface area contributed by atoms with Crippen LogP contribution >= 0.6 is 0 Å². The third kappa shape index (κ3) is 5.16. The van der Waals surface area contributed by atoms with Gasteiger partial charge in [-0.1, -0.05) is 20.3 Å². The molecule has 19 heavy (non-hydrogen) atoms. The van der Waals surface area contributed by atoms with Gasteiger partial charge in [0.1, 0.15) is 0 Å². The van der Waals surface area contributed by atoms with Gasteiger partial charge in [0.25, 0.3) is 0 Å². The lowest BCUT2D eigenvalue weighted by Gasteiger charge is -2.32. The lowest BCUT2D eigenvalue weighted by Crippen LogP contribution is -2.52. The second-order valence-corrected chi connectivity index (χ2v) is 5.44. The van der Waals surface area contributed by atoms with Crippen molar-refractivity contribution in [1.29, 1.82) is 0 Å². The van der Waals surface area contributed by atoms with Crippen LogP contribution in [0.15, 0.2) is 0 Å². The summed E-state index contributed by atoms with van der Waals surface area (Å²) in [5.41, 5.74) is 11.1. The molecule has 0 spiro atoms. The summed E-state index contributed by atoms with van der Waals surface area (Å²) in [6.07, 6.45) is 2.57. The molecule has 2 amide bonds. The fraction of sp³-hybridized carbons (Fsp3) is 0.846. The van der Waals surface area contributed by atoms with E-state index in [1.807, 2.05) is 18.7 Å². The lowest BCUT2D eigenvalue weighted by molar-refractivity contribution is -0.125. The van der Waals surface area contributed by atoms with Crippen LogP contribution in [0.1, 0.15) is 33.1 Å². The van der Waals surface area contributed by atoms with E-state index in [1.54, 1.807) is 0 Å². The Kier molecular flexibility index (Phi) is 6.24. The molecular formula is C13H26N4O2. The first-order valence-electron chi connectivity index (χ1n) is 7.00. The molecule has 1 aliphatic heterocycles. The van der Waals surface area contributed by atoms with Crippen LogP contribution in [-0.2, 0) is 9.59 Å². The first kappa shape index (κ1) is 15.9. The Balaban J connectivity index is 2.32. The highest BCUT2D eigenvalue weighted by atomic mass is 16.2. The predicted octanol–water partition coefficient (Wildman–Crippen LogP) is -0.574. The van der Waals surface area contributed by atoms with Crippen molar-refractivity contribution in [2.45, 2.75) is 45.2 Å². The largest absolute Gasteiger partial charge is 0.369 e. The number of likely N-dealkylation sites (tertiary alicyclic amines) is 1. The Bertz CT molecular complexity index is 314. The van der Waals surface area contributed by atoms with Gasteiger partial charge < -0.3 is 16.8 Å². The summed E-state index contributed by atoms with van der Waals surface area (Å²) in [6, 6.07) is -0.277. The molecule has 1 heterocycles. The maximum Gasteiger partial charge on any atom is 0.237 e. The zero-order valence-electron chi connectivity index (χ0n) is 11.9. The molecule has 0 aromatic rings. The fourth-order valence-corrected chi connectivity index (χ4v) is 2.27. The van der Waals surface area contributed by atoms with Gasteiger partial charge in [0, 0.05) is 19.1 Å². The maximum absolute atomic E-state index is 11.9. The first-order valence-corrected chi connectivity index (χ1v) is 7.00. The zero-order valence-corrected chi connectivity index (χ0v) is 11.9. The van der Waals surface area contributed by atoms with E-state index in [2.05, 4.69) is 5.32 Å². The molecular weight excluding hydrogens is 244 g/mol. The van der Waals surface area contributed by atoms with Crippen LogP contribution in [0.5, 0.6) is 0 Å². The van der Waals surface area contributed by atoms with Crippen molar-refractivity contribution in [3.05, 3.63) is 0 Å². The Labute approximate surface area is 114 Å². The minimum atomic E-state index is -0.436. The van der Waals surface area contributed by atoms with Gasteiger partial charge in [0.2, 0.25) is 11.8 Å². The molecule has 0 aromatic carbocycles. The van der Waals surface area contributed by atoms with Crippen molar-refractivity contribution in [3.8, 4) is 0 Å². The highest BCUT2D eigenvalue weighted by Crippen LogP contribution is 2.11. The highest BCUT2D eigenvalue weighted by Gasteiger charge is 2.25. The maximum atomic E-state index is 11.9. The van der Waals surface area contributed by atoms with E-state index in [-0.39, 0.29) is 23.8 Å². The van der Waals surface area contributed by atoms with Gasteiger partial charge in [-0.15, -0.1) is 0 Å². The van der Waals surface area contributed by atoms with Crippen LogP contribution in [0, 0.1) is 5.92 Å². The van der Waals surface area contributed by atoms with E-state index < -0.39 is 6.04 Å². The second kappa shape index (κ2) is 7.45. The van der Waals surface area contributed by atoms with Crippen molar-refractivity contribution in [3.63, 3.8) is 0 Å². The van der Waals surface area contributed by atoms with E-state index in [0.717, 1.165) is 32.4 Å². The number of piperidine rings is 1. The third-order valence-corrected chi connectivity index (χ3v) is 3.87. The van der Waals surface area contributed by atoms with E-state index in [0.29, 0.717) is 6.54 Å². The third-order valence-electron chi connectivity index (χ3n) is 3.87. The van der Waals surface area contributed by atoms with Crippen LogP contribution in [0.4, 0.5) is 0 Å². The number of amides is 2. The average molecular weight is 270 g/mol. The van der Waals surface area contributed by atoms with E-state index >= 15 is 0 Å². The number of nitrogens with one attached hydrogen (secondary N) is 1. The molecule has 6 heteroatoms. The summed E-state index contributed by atoms with van der Waals surface area (Å²) in [6.45, 7) is 5.88. The van der Waals surface area contributed by atoms with Gasteiger partial charge in [-0.2, -0.15) is 0 Å². The molecule has 1 fully saturated rings. The number of rotatable bonds is 6. The Hall–Kier alpha value is -1.14. The molecule has 2 atom stereocenters. The molecule has 2 unspecified atom stereocenters. The van der Waals surface area contributed by atoms with Crippen LogP contribution in [0.25, 0.3) is 0 Å². The lowest BCUT2D eigenvalue weighted by atomic mass is 9.98. The van der Waals surface area contributed by atoms with E-state index in [1.165, 1.54) is 0 Å². The molecule has 6 nitrogen and oxygen atoms in total. The normalized spacial score (nSPS) is 20.8. The molecule has 0 aromatic heterocycles. The molecule has 0 radical (unpaired) electrons. The topological polar surface area (TPSA) is 101 Å². The van der Waals surface area contributed by atoms with Crippen molar-refractivity contribution < 1.29 is 9.59 Å². The highest BCUT2D eigenvalue weighted by molar-refractivity contribution is 5.82. The molecule has 0 bridgehead atoms. The fourth-order valence-electron chi connectivity index (χ4n) is 2.27. The van der Waals surface area contributed by atoms with Crippen LogP contribution in [0.3, 0.4) is 0 Å². The Morgan fingerprint density at radius 3 is 2.42 bits per heavy atom. The number of hydrogen-bond acceptors (Lipinski definition) is 4. The van der Waals surface area contributed by atoms with Gasteiger partial charge in [-0.05, 0) is 18.8 Å². The Morgan fingerprint density at radius 1 is 1.37 bits per heavy atom. The van der Waals surface area contributed by atoms with Crippen LogP contribution in [0.2, 0.25) is 0 Å². The summed E-state index contributed by atoms with van der Waals surface area (Å²) in [4.78, 5) is 24.8. The Morgan fingerprint density at radius 2 is 1.95 bits per heavy atom. The number of carbonyl (C=O) groups excluding carboxylic acids is 2. The molecule has 110 valence electrons. The average Bonchev–Trinajstić information content (AvgIpc) is 2.38. The zero-order chi connectivity index (χ0) is 14.4. The first-order chi connectivity index (χ1) is 8.93. The van der Waals surface area contributed by atoms with E-state index in [9.17, 15) is 9.59 Å². The summed E-state index contributed by atoms with van der Waals surface area (Å²) < 4.78 is 0. The monoisotopic (exact) mass is 270 g/mol. The number of hydrogen-bond donors (Lipinski definition) is 3. The van der Waals surface area contributed by atoms with Gasteiger partial charge in [-0.25, -0.2) is 0 Å². The van der Waals surface area contributed by atoms with Gasteiger partial charge in [0.15, 0.2) is 0 Å². The summed E-state index contributed by atoms with van der Waals surface area (Å²) >= 11 is 0. The summed E-state index contributed by atoms with van der Waals surface area (Å²) in [5, 5.41) is 3.00. The number of nitrogens with two attached hydrogens (primary N) is 2. The predicted molar refractivity (Wildman–Crippen MR) is 74.2 cm³/mol. The van der Waals surface area contributed by atoms with Crippen molar-refractivity contribution in [2.75, 3.05) is 19.6 Å². The number of nitrogens with zero attached hydrogens (tertiary/aromatic N) is 1. The standard InChI is InChI=1S/C13H26N4O2/c1-3-9(2)12(15)13(19)16-10-4-6-17(7-5-10)8-11(14)18/h9-10,12H,3-8,15H2,1-2H3,(H2,14,18)(H,16,19). The van der Waals surface area contributed by atoms with E-state index in [4.69, 9.17) is 11.5 Å². The molecule has 1 saturated heterocycles. The van der Waals surface area contributed by atoms with Gasteiger partial charge in [-0.3, -0.25) is 14.5 Å². The summed E-state index contributed by atoms with van der Waals surface area (Å²) in [5.74, 6) is -0.182. The second-order valence-electron chi connectivity index (χ2n) is 5.44. The number of primary amides is 1. The van der Waals surface area contributed by atoms with Gasteiger partial charge in [0.05, 0.1) is 12.6 Å². The molecule has 0 aliphatic carbocycles. The van der Waals surface area contributed by atoms with Crippen LogP contribution < -0.4 is 16.8 Å². The summed E-state index contributed by atoms with van der Waals surface area (Å²) in [7, 11) is 0. The minimum absolute atomic E-state index is 0.0669. The number of carbonyl (C=O) groups is 2. The molecule has 0 saturated carbocycles. The van der Waals surface area contributed by atoms with Crippen molar-refractivity contribution in [1.82, 2.24) is 10.2 Å². The van der Waals surface area contributed by atoms with Crippen molar-refractivity contribution in [2.24, 2.45) is 17.4 Å². The quantitative estimate of drug-likeness (QED) is 0.601. The molecule has 5 N–H and O–H groups in total. The molecule has 1 aliphatic rings. The SMILES string of the molecule is CCC(C)C(N)C(=O)NC1CCN(CC(N)=O)CC1. The minimum Gasteiger partial charge on any atom is -0.369 e. The smallest absolute Gasteiger partial charge is 0.237 e. The van der Waals surface area contributed by atoms with Gasteiger partial charge >= 0.3 is 0 Å². The molecule has 1 rings (SSSR count). The van der Waals surface area contributed by atoms with Crippen molar-refractivity contribution >= 4 is 11.8 Å². The van der Waals surface area contributed by atoms with Crippen LogP contribution in [-0.4, -0.2) is 48.4 Å².